The van der Waals surface area contributed by atoms with E-state index < -0.39 is 35.3 Å². The summed E-state index contributed by atoms with van der Waals surface area (Å²) in [6.45, 7) is 0. The van der Waals surface area contributed by atoms with Gasteiger partial charge < -0.3 is 9.52 Å². The Hall–Kier alpha value is -1.90. The molecule has 0 unspecified atom stereocenters. The number of carboxylic acids is 1. The Labute approximate surface area is 117 Å². The molecule has 0 fully saturated rings. The maximum Gasteiger partial charge on any atom is 0.437 e. The Morgan fingerprint density at radius 2 is 2.00 bits per heavy atom. The standard InChI is InChI=1S/C11H4BrF4NO3/c12-6-4(2-1-3-5(6)13)9-17-8(11(14,15)16)7(20-9)10(18)19/h1-3H,(H,18,19). The van der Waals surface area contributed by atoms with Gasteiger partial charge in [0.15, 0.2) is 5.69 Å². The molecule has 4 nitrogen and oxygen atoms in total. The zero-order chi connectivity index (χ0) is 15.1. The Morgan fingerprint density at radius 1 is 1.35 bits per heavy atom. The van der Waals surface area contributed by atoms with Crippen LogP contribution >= 0.6 is 15.9 Å². The number of aromatic nitrogens is 1. The van der Waals surface area contributed by atoms with E-state index in [2.05, 4.69) is 25.3 Å². The van der Waals surface area contributed by atoms with E-state index in [4.69, 9.17) is 5.11 Å². The smallest absolute Gasteiger partial charge is 0.437 e. The van der Waals surface area contributed by atoms with Crippen molar-refractivity contribution in [2.24, 2.45) is 0 Å². The number of halogens is 5. The van der Waals surface area contributed by atoms with Crippen molar-refractivity contribution in [2.45, 2.75) is 6.18 Å². The molecule has 20 heavy (non-hydrogen) atoms. The van der Waals surface area contributed by atoms with Gasteiger partial charge in [-0.25, -0.2) is 14.2 Å². The zero-order valence-electron chi connectivity index (χ0n) is 9.33. The van der Waals surface area contributed by atoms with Crippen molar-refractivity contribution in [3.63, 3.8) is 0 Å². The number of rotatable bonds is 2. The third-order valence-electron chi connectivity index (χ3n) is 2.27. The van der Waals surface area contributed by atoms with E-state index in [0.29, 0.717) is 0 Å². The maximum absolute atomic E-state index is 13.3. The average Bonchev–Trinajstić information content (AvgIpc) is 2.77. The number of benzene rings is 1. The van der Waals surface area contributed by atoms with Crippen LogP contribution in [0.2, 0.25) is 0 Å². The second-order valence-electron chi connectivity index (χ2n) is 3.60. The molecule has 2 aromatic rings. The summed E-state index contributed by atoms with van der Waals surface area (Å²) in [5.74, 6) is -4.64. The van der Waals surface area contributed by atoms with Gasteiger partial charge >= 0.3 is 12.1 Å². The highest BCUT2D eigenvalue weighted by Crippen LogP contribution is 2.36. The molecule has 0 aliphatic heterocycles. The fourth-order valence-electron chi connectivity index (χ4n) is 1.44. The Balaban J connectivity index is 2.65. The highest BCUT2D eigenvalue weighted by molar-refractivity contribution is 9.10. The predicted molar refractivity (Wildman–Crippen MR) is 61.6 cm³/mol. The van der Waals surface area contributed by atoms with E-state index in [1.807, 2.05) is 0 Å². The number of alkyl halides is 3. The van der Waals surface area contributed by atoms with Crippen LogP contribution in [0, 0.1) is 5.82 Å². The van der Waals surface area contributed by atoms with Crippen molar-refractivity contribution in [1.29, 1.82) is 0 Å². The highest BCUT2D eigenvalue weighted by atomic mass is 79.9. The summed E-state index contributed by atoms with van der Waals surface area (Å²) in [6.07, 6.45) is -4.99. The van der Waals surface area contributed by atoms with Crippen LogP contribution in [0.5, 0.6) is 0 Å². The minimum Gasteiger partial charge on any atom is -0.475 e. The van der Waals surface area contributed by atoms with Gasteiger partial charge in [0.05, 0.1) is 10.0 Å². The summed E-state index contributed by atoms with van der Waals surface area (Å²) in [4.78, 5) is 13.9. The molecule has 0 bridgehead atoms. The normalized spacial score (nSPS) is 11.7. The van der Waals surface area contributed by atoms with Gasteiger partial charge in [0.2, 0.25) is 11.7 Å². The second-order valence-corrected chi connectivity index (χ2v) is 4.39. The topological polar surface area (TPSA) is 63.3 Å². The van der Waals surface area contributed by atoms with E-state index in [0.717, 1.165) is 6.07 Å². The number of carbonyl (C=O) groups is 1. The molecule has 0 saturated heterocycles. The molecule has 0 aliphatic rings. The van der Waals surface area contributed by atoms with E-state index in [-0.39, 0.29) is 10.0 Å². The Kier molecular flexibility index (Phi) is 3.55. The van der Waals surface area contributed by atoms with Gasteiger partial charge in [-0.15, -0.1) is 0 Å². The fraction of sp³-hybridized carbons (Fsp3) is 0.0909. The third-order valence-corrected chi connectivity index (χ3v) is 3.08. The van der Waals surface area contributed by atoms with Crippen molar-refractivity contribution in [3.05, 3.63) is 39.9 Å². The van der Waals surface area contributed by atoms with Gasteiger partial charge in [0.25, 0.3) is 0 Å². The van der Waals surface area contributed by atoms with Gasteiger partial charge in [-0.05, 0) is 28.1 Å². The van der Waals surface area contributed by atoms with Crippen molar-refractivity contribution in [1.82, 2.24) is 4.98 Å². The first-order valence-corrected chi connectivity index (χ1v) is 5.77. The van der Waals surface area contributed by atoms with Gasteiger partial charge in [-0.2, -0.15) is 13.2 Å². The number of nitrogens with zero attached hydrogens (tertiary/aromatic N) is 1. The Bertz CT molecular complexity index is 681. The lowest BCUT2D eigenvalue weighted by Gasteiger charge is -2.01. The average molecular weight is 354 g/mol. The summed E-state index contributed by atoms with van der Waals surface area (Å²) < 4.78 is 55.7. The molecule has 0 atom stereocenters. The first-order chi connectivity index (χ1) is 9.21. The summed E-state index contributed by atoms with van der Waals surface area (Å²) >= 11 is 2.83. The summed E-state index contributed by atoms with van der Waals surface area (Å²) in [5, 5.41) is 8.69. The van der Waals surface area contributed by atoms with E-state index in [9.17, 15) is 22.4 Å². The highest BCUT2D eigenvalue weighted by Gasteiger charge is 2.41. The molecule has 1 aromatic carbocycles. The summed E-state index contributed by atoms with van der Waals surface area (Å²) in [7, 11) is 0. The number of oxazole rings is 1. The largest absolute Gasteiger partial charge is 0.475 e. The summed E-state index contributed by atoms with van der Waals surface area (Å²) in [6, 6.07) is 3.54. The van der Waals surface area contributed by atoms with Crippen molar-refractivity contribution in [2.75, 3.05) is 0 Å². The van der Waals surface area contributed by atoms with Gasteiger partial charge in [0.1, 0.15) is 5.82 Å². The molecule has 0 amide bonds. The van der Waals surface area contributed by atoms with E-state index in [1.165, 1.54) is 12.1 Å². The lowest BCUT2D eigenvalue weighted by Crippen LogP contribution is -2.11. The molecule has 0 saturated carbocycles. The lowest BCUT2D eigenvalue weighted by molar-refractivity contribution is -0.141. The molecule has 9 heteroatoms. The quantitative estimate of drug-likeness (QED) is 0.830. The van der Waals surface area contributed by atoms with E-state index >= 15 is 0 Å². The molecule has 0 aliphatic carbocycles. The zero-order valence-corrected chi connectivity index (χ0v) is 10.9. The summed E-state index contributed by atoms with van der Waals surface area (Å²) in [5.41, 5.74) is -1.79. The van der Waals surface area contributed by atoms with Crippen LogP contribution in [0.15, 0.2) is 27.1 Å². The van der Waals surface area contributed by atoms with Crippen molar-refractivity contribution < 1.29 is 31.9 Å². The van der Waals surface area contributed by atoms with Crippen molar-refractivity contribution >= 4 is 21.9 Å². The fourth-order valence-corrected chi connectivity index (χ4v) is 1.88. The lowest BCUT2D eigenvalue weighted by atomic mass is 10.2. The van der Waals surface area contributed by atoms with Crippen LogP contribution in [0.1, 0.15) is 16.2 Å². The van der Waals surface area contributed by atoms with Crippen LogP contribution in [0.25, 0.3) is 11.5 Å². The SMILES string of the molecule is O=C(O)c1oc(-c2cccc(F)c2Br)nc1C(F)(F)F. The monoisotopic (exact) mass is 353 g/mol. The predicted octanol–water partition coefficient (Wildman–Crippen LogP) is 3.96. The third kappa shape index (κ3) is 2.53. The van der Waals surface area contributed by atoms with Crippen LogP contribution in [0.4, 0.5) is 17.6 Å². The van der Waals surface area contributed by atoms with Crippen molar-refractivity contribution in [3.8, 4) is 11.5 Å². The molecular weight excluding hydrogens is 350 g/mol. The molecule has 2 rings (SSSR count). The molecule has 106 valence electrons. The molecule has 1 N–H and O–H groups in total. The Morgan fingerprint density at radius 3 is 2.50 bits per heavy atom. The molecule has 1 aromatic heterocycles. The van der Waals surface area contributed by atoms with Crippen LogP contribution < -0.4 is 0 Å². The number of aromatic carboxylic acids is 1. The van der Waals surface area contributed by atoms with Crippen LogP contribution in [0.3, 0.4) is 0 Å². The minimum atomic E-state index is -4.99. The minimum absolute atomic E-state index is 0.122. The van der Waals surface area contributed by atoms with Gasteiger partial charge in [-0.3, -0.25) is 0 Å². The number of hydrogen-bond acceptors (Lipinski definition) is 3. The second kappa shape index (κ2) is 4.89. The molecule has 0 spiro atoms. The van der Waals surface area contributed by atoms with E-state index in [1.54, 1.807) is 0 Å². The maximum atomic E-state index is 13.3. The first kappa shape index (κ1) is 14.5. The first-order valence-electron chi connectivity index (χ1n) is 4.97. The molecule has 1 heterocycles. The molecular formula is C11H4BrF4NO3. The van der Waals surface area contributed by atoms with Gasteiger partial charge in [-0.1, -0.05) is 6.07 Å². The number of hydrogen-bond donors (Lipinski definition) is 1. The number of carboxylic acid groups (broad SMARTS) is 1. The van der Waals surface area contributed by atoms with Crippen LogP contribution in [-0.4, -0.2) is 16.1 Å². The molecule has 0 radical (unpaired) electrons. The van der Waals surface area contributed by atoms with Crippen LogP contribution in [-0.2, 0) is 6.18 Å². The van der Waals surface area contributed by atoms with Gasteiger partial charge in [0, 0.05) is 0 Å².